The van der Waals surface area contributed by atoms with Crippen molar-refractivity contribution in [1.29, 1.82) is 0 Å². The fourth-order valence-corrected chi connectivity index (χ4v) is 3.63. The van der Waals surface area contributed by atoms with E-state index in [-0.39, 0.29) is 35.9 Å². The molecule has 27 heavy (non-hydrogen) atoms. The Morgan fingerprint density at radius 1 is 1.33 bits per heavy atom. The molecule has 8 heteroatoms. The number of quaternary nitrogens is 1. The molecule has 1 aliphatic heterocycles. The van der Waals surface area contributed by atoms with Gasteiger partial charge in [0, 0.05) is 10.9 Å². The van der Waals surface area contributed by atoms with Crippen LogP contribution < -0.4 is 10.2 Å². The number of H-pyrrole nitrogens is 1. The van der Waals surface area contributed by atoms with Crippen molar-refractivity contribution < 1.29 is 28.4 Å². The van der Waals surface area contributed by atoms with Gasteiger partial charge in [0.2, 0.25) is 5.91 Å². The summed E-state index contributed by atoms with van der Waals surface area (Å²) in [6.07, 6.45) is 0.612. The molecular formula is C19H25FN3O4+. The third-order valence-electron chi connectivity index (χ3n) is 4.74. The van der Waals surface area contributed by atoms with E-state index in [1.165, 1.54) is 30.2 Å². The number of hydrogen-bond acceptors (Lipinski definition) is 4. The smallest absolute Gasteiger partial charge is 0.356 e. The van der Waals surface area contributed by atoms with Crippen LogP contribution in [0, 0.1) is 5.82 Å². The highest BCUT2D eigenvalue weighted by Crippen LogP contribution is 2.29. The lowest BCUT2D eigenvalue weighted by atomic mass is 10.2. The maximum Gasteiger partial charge on any atom is 0.356 e. The zero-order valence-corrected chi connectivity index (χ0v) is 15.7. The number of ether oxygens (including phenoxy) is 2. The van der Waals surface area contributed by atoms with E-state index in [0.29, 0.717) is 17.4 Å². The standard InChI is InChI=1S/C19H24FN3O4/c1-11-9-23(10-12(2)27-11)7-6-16(24)22-17-14-8-13(20)4-5-15(14)21-18(17)19(25)26-3/h4-5,8,11-12,21H,6-7,9-10H2,1-3H3,(H,22,24)/p+1/t11-,12-/m0/s1. The third kappa shape index (κ3) is 4.45. The molecular weight excluding hydrogens is 353 g/mol. The van der Waals surface area contributed by atoms with Gasteiger partial charge in [0.1, 0.15) is 36.8 Å². The number of aromatic amines is 1. The Balaban J connectivity index is 1.74. The molecule has 1 aromatic heterocycles. The van der Waals surface area contributed by atoms with E-state index < -0.39 is 11.8 Å². The fraction of sp³-hybridized carbons (Fsp3) is 0.474. The summed E-state index contributed by atoms with van der Waals surface area (Å²) in [5.41, 5.74) is 0.904. The number of hydrogen-bond donors (Lipinski definition) is 3. The number of amides is 1. The Bertz CT molecular complexity index is 841. The topological polar surface area (TPSA) is 84.9 Å². The van der Waals surface area contributed by atoms with Gasteiger partial charge in [0.05, 0.1) is 25.8 Å². The van der Waals surface area contributed by atoms with Crippen LogP contribution in [0.4, 0.5) is 10.1 Å². The molecule has 0 spiro atoms. The van der Waals surface area contributed by atoms with Gasteiger partial charge in [-0.2, -0.15) is 0 Å². The second kappa shape index (κ2) is 8.06. The van der Waals surface area contributed by atoms with Crippen LogP contribution in [0.15, 0.2) is 18.2 Å². The van der Waals surface area contributed by atoms with Crippen LogP contribution in [0.1, 0.15) is 30.8 Å². The Labute approximate surface area is 156 Å². The van der Waals surface area contributed by atoms with Gasteiger partial charge in [0.15, 0.2) is 0 Å². The van der Waals surface area contributed by atoms with Crippen molar-refractivity contribution in [1.82, 2.24) is 4.98 Å². The van der Waals surface area contributed by atoms with Crippen LogP contribution in [-0.2, 0) is 14.3 Å². The molecule has 1 aliphatic rings. The Hall–Kier alpha value is -2.45. The summed E-state index contributed by atoms with van der Waals surface area (Å²) in [4.78, 5) is 28.7. The SMILES string of the molecule is COC(=O)c1[nH]c2ccc(F)cc2c1NC(=O)CC[NH+]1C[C@H](C)O[C@@H](C)C1. The van der Waals surface area contributed by atoms with Gasteiger partial charge < -0.3 is 24.7 Å². The van der Waals surface area contributed by atoms with Gasteiger partial charge in [-0.25, -0.2) is 9.18 Å². The maximum atomic E-state index is 13.7. The van der Waals surface area contributed by atoms with E-state index in [1.54, 1.807) is 0 Å². The summed E-state index contributed by atoms with van der Waals surface area (Å²) in [5.74, 6) is -1.30. The van der Waals surface area contributed by atoms with Crippen molar-refractivity contribution in [3.8, 4) is 0 Å². The van der Waals surface area contributed by atoms with Crippen molar-refractivity contribution in [2.24, 2.45) is 0 Å². The molecule has 146 valence electrons. The first kappa shape index (κ1) is 19.3. The number of benzene rings is 1. The Morgan fingerprint density at radius 2 is 2.04 bits per heavy atom. The Kier molecular flexibility index (Phi) is 5.76. The molecule has 0 radical (unpaired) electrons. The van der Waals surface area contributed by atoms with Crippen molar-refractivity contribution in [2.45, 2.75) is 32.5 Å². The summed E-state index contributed by atoms with van der Waals surface area (Å²) in [6.45, 7) is 6.42. The van der Waals surface area contributed by atoms with Gasteiger partial charge in [-0.15, -0.1) is 0 Å². The number of carbonyl (C=O) groups is 2. The lowest BCUT2D eigenvalue weighted by molar-refractivity contribution is -0.914. The van der Waals surface area contributed by atoms with Gasteiger partial charge in [-0.1, -0.05) is 0 Å². The van der Waals surface area contributed by atoms with Crippen LogP contribution in [-0.4, -0.2) is 55.8 Å². The van der Waals surface area contributed by atoms with Crippen molar-refractivity contribution in [2.75, 3.05) is 32.1 Å². The highest BCUT2D eigenvalue weighted by atomic mass is 19.1. The minimum absolute atomic E-state index is 0.104. The summed E-state index contributed by atoms with van der Waals surface area (Å²) in [6, 6.07) is 4.09. The molecule has 2 atom stereocenters. The first-order chi connectivity index (χ1) is 12.9. The van der Waals surface area contributed by atoms with Gasteiger partial charge in [0.25, 0.3) is 0 Å². The lowest BCUT2D eigenvalue weighted by Gasteiger charge is -2.32. The van der Waals surface area contributed by atoms with Gasteiger partial charge in [-0.05, 0) is 32.0 Å². The van der Waals surface area contributed by atoms with Crippen molar-refractivity contribution in [3.05, 3.63) is 29.7 Å². The lowest BCUT2D eigenvalue weighted by Crippen LogP contribution is -3.15. The molecule has 0 saturated carbocycles. The second-order valence-corrected chi connectivity index (χ2v) is 7.02. The predicted octanol–water partition coefficient (Wildman–Crippen LogP) is 1.11. The molecule has 2 heterocycles. The monoisotopic (exact) mass is 378 g/mol. The summed E-state index contributed by atoms with van der Waals surface area (Å²) in [7, 11) is 1.25. The van der Waals surface area contributed by atoms with Crippen LogP contribution in [0.25, 0.3) is 10.9 Å². The summed E-state index contributed by atoms with van der Waals surface area (Å²) >= 11 is 0. The Morgan fingerprint density at radius 3 is 2.70 bits per heavy atom. The van der Waals surface area contributed by atoms with Gasteiger partial charge in [-0.3, -0.25) is 4.79 Å². The second-order valence-electron chi connectivity index (χ2n) is 7.02. The maximum absolute atomic E-state index is 13.7. The number of anilines is 1. The number of aromatic nitrogens is 1. The average molecular weight is 378 g/mol. The molecule has 3 N–H and O–H groups in total. The number of fused-ring (bicyclic) bond motifs is 1. The molecule has 3 rings (SSSR count). The quantitative estimate of drug-likeness (QED) is 0.681. The van der Waals surface area contributed by atoms with Gasteiger partial charge >= 0.3 is 5.97 Å². The molecule has 1 aromatic carbocycles. The predicted molar refractivity (Wildman–Crippen MR) is 98.4 cm³/mol. The third-order valence-corrected chi connectivity index (χ3v) is 4.74. The normalized spacial score (nSPS) is 22.6. The van der Waals surface area contributed by atoms with E-state index in [9.17, 15) is 14.0 Å². The largest absolute Gasteiger partial charge is 0.464 e. The minimum atomic E-state index is -0.622. The molecule has 1 fully saturated rings. The summed E-state index contributed by atoms with van der Waals surface area (Å²) in [5, 5.41) is 3.19. The highest BCUT2D eigenvalue weighted by Gasteiger charge is 2.26. The molecule has 1 saturated heterocycles. The van der Waals surface area contributed by atoms with E-state index in [2.05, 4.69) is 10.3 Å². The van der Waals surface area contributed by atoms with E-state index in [4.69, 9.17) is 9.47 Å². The zero-order chi connectivity index (χ0) is 19.6. The van der Waals surface area contributed by atoms with Crippen molar-refractivity contribution >= 4 is 28.5 Å². The average Bonchev–Trinajstić information content (AvgIpc) is 2.96. The van der Waals surface area contributed by atoms with Crippen LogP contribution >= 0.6 is 0 Å². The van der Waals surface area contributed by atoms with Crippen LogP contribution in [0.2, 0.25) is 0 Å². The number of carbonyl (C=O) groups excluding carboxylic acids is 2. The highest BCUT2D eigenvalue weighted by molar-refractivity contribution is 6.10. The molecule has 2 aromatic rings. The first-order valence-corrected chi connectivity index (χ1v) is 9.05. The number of rotatable bonds is 5. The number of morpholine rings is 1. The minimum Gasteiger partial charge on any atom is -0.464 e. The number of methoxy groups -OCH3 is 1. The van der Waals surface area contributed by atoms with E-state index >= 15 is 0 Å². The number of esters is 1. The van der Waals surface area contributed by atoms with E-state index in [1.807, 2.05) is 13.8 Å². The van der Waals surface area contributed by atoms with Crippen LogP contribution in [0.3, 0.4) is 0 Å². The van der Waals surface area contributed by atoms with Crippen LogP contribution in [0.5, 0.6) is 0 Å². The molecule has 0 bridgehead atoms. The molecule has 0 unspecified atom stereocenters. The molecule has 1 amide bonds. The number of nitrogens with one attached hydrogen (secondary N) is 3. The number of halogens is 1. The first-order valence-electron chi connectivity index (χ1n) is 9.05. The summed E-state index contributed by atoms with van der Waals surface area (Å²) < 4.78 is 24.1. The zero-order valence-electron chi connectivity index (χ0n) is 15.7. The fourth-order valence-electron chi connectivity index (χ4n) is 3.63. The van der Waals surface area contributed by atoms with E-state index in [0.717, 1.165) is 13.1 Å². The van der Waals surface area contributed by atoms with Crippen molar-refractivity contribution in [3.63, 3.8) is 0 Å². The molecule has 0 aliphatic carbocycles. The molecule has 7 nitrogen and oxygen atoms in total.